The van der Waals surface area contributed by atoms with Gasteiger partial charge in [-0.1, -0.05) is 0 Å². The molecule has 3 rings (SSSR count). The van der Waals surface area contributed by atoms with Crippen LogP contribution in [0, 0.1) is 0 Å². The number of piperidine rings is 1. The molecule has 2 aliphatic rings. The van der Waals surface area contributed by atoms with Crippen LogP contribution in [0.4, 0.5) is 0 Å². The second-order valence-corrected chi connectivity index (χ2v) is 8.98. The van der Waals surface area contributed by atoms with E-state index in [1.807, 2.05) is 21.7 Å². The Bertz CT molecular complexity index is 649. The van der Waals surface area contributed by atoms with Crippen molar-refractivity contribution >= 4 is 27.3 Å². The van der Waals surface area contributed by atoms with Crippen molar-refractivity contribution < 1.29 is 17.9 Å². The number of carbonyl (C=O) groups is 1. The fraction of sp³-hybridized carbons (Fsp3) is 0.667. The zero-order valence-corrected chi connectivity index (χ0v) is 14.8. The molecule has 0 aromatic carbocycles. The summed E-state index contributed by atoms with van der Waals surface area (Å²) in [6.45, 7) is 1.87. The van der Waals surface area contributed by atoms with Gasteiger partial charge in [-0.15, -0.1) is 0 Å². The number of nitrogens with one attached hydrogen (secondary N) is 1. The van der Waals surface area contributed by atoms with Crippen molar-refractivity contribution in [1.82, 2.24) is 9.62 Å². The molecular formula is C15H22N2O4S2. The minimum atomic E-state index is -3.20. The average Bonchev–Trinajstić information content (AvgIpc) is 3.00. The summed E-state index contributed by atoms with van der Waals surface area (Å²) in [5.74, 6) is 0.0720. The predicted molar refractivity (Wildman–Crippen MR) is 89.1 cm³/mol. The van der Waals surface area contributed by atoms with Crippen LogP contribution in [0.5, 0.6) is 0 Å². The molecule has 0 aliphatic carbocycles. The third-order valence-electron chi connectivity index (χ3n) is 4.60. The zero-order valence-electron chi connectivity index (χ0n) is 13.2. The summed E-state index contributed by atoms with van der Waals surface area (Å²) < 4.78 is 31.6. The Morgan fingerprint density at radius 3 is 2.78 bits per heavy atom. The molecule has 1 aromatic heterocycles. The molecule has 1 atom stereocenters. The van der Waals surface area contributed by atoms with E-state index in [-0.39, 0.29) is 17.6 Å². The van der Waals surface area contributed by atoms with E-state index in [0.29, 0.717) is 32.5 Å². The van der Waals surface area contributed by atoms with Crippen molar-refractivity contribution in [3.63, 3.8) is 0 Å². The molecule has 1 amide bonds. The molecule has 1 spiro atoms. The first kappa shape index (κ1) is 16.9. The molecule has 0 radical (unpaired) electrons. The number of carbonyl (C=O) groups excluding carboxylic acids is 1. The van der Waals surface area contributed by atoms with E-state index < -0.39 is 10.0 Å². The first-order valence-corrected chi connectivity index (χ1v) is 10.6. The molecule has 8 heteroatoms. The third-order valence-corrected chi connectivity index (χ3v) is 6.05. The average molecular weight is 358 g/mol. The summed E-state index contributed by atoms with van der Waals surface area (Å²) in [6.07, 6.45) is 4.08. The fourth-order valence-electron chi connectivity index (χ4n) is 3.47. The highest BCUT2D eigenvalue weighted by Crippen LogP contribution is 2.35. The van der Waals surface area contributed by atoms with Gasteiger partial charge in [-0.2, -0.15) is 11.3 Å². The van der Waals surface area contributed by atoms with E-state index in [2.05, 4.69) is 4.72 Å². The summed E-state index contributed by atoms with van der Waals surface area (Å²) in [7, 11) is -3.20. The summed E-state index contributed by atoms with van der Waals surface area (Å²) >= 11 is 1.52. The first-order chi connectivity index (χ1) is 10.9. The monoisotopic (exact) mass is 358 g/mol. The Hall–Kier alpha value is -0.960. The van der Waals surface area contributed by atoms with Gasteiger partial charge in [-0.3, -0.25) is 4.79 Å². The summed E-state index contributed by atoms with van der Waals surface area (Å²) in [6, 6.07) is 1.78. The van der Waals surface area contributed by atoms with E-state index in [0.717, 1.165) is 18.4 Å². The highest BCUT2D eigenvalue weighted by molar-refractivity contribution is 7.88. The molecule has 1 unspecified atom stereocenters. The summed E-state index contributed by atoms with van der Waals surface area (Å²) in [5.41, 5.74) is 0.443. The van der Waals surface area contributed by atoms with E-state index in [1.54, 1.807) is 0 Å². The number of thiophene rings is 1. The van der Waals surface area contributed by atoms with Gasteiger partial charge in [0.2, 0.25) is 10.0 Å². The predicted octanol–water partition coefficient (Wildman–Crippen LogP) is 1.45. The van der Waals surface area contributed by atoms with Crippen molar-refractivity contribution in [3.05, 3.63) is 22.4 Å². The number of ether oxygens (including phenoxy) is 1. The number of likely N-dealkylation sites (tertiary alicyclic amines) is 1. The maximum Gasteiger partial charge on any atom is 0.254 e. The molecule has 1 N–H and O–H groups in total. The van der Waals surface area contributed by atoms with Crippen LogP contribution in [0.15, 0.2) is 16.8 Å². The van der Waals surface area contributed by atoms with E-state index in [4.69, 9.17) is 4.74 Å². The smallest absolute Gasteiger partial charge is 0.254 e. The Labute approximate surface area is 140 Å². The number of hydrogen-bond acceptors (Lipinski definition) is 5. The van der Waals surface area contributed by atoms with Gasteiger partial charge in [0, 0.05) is 31.1 Å². The van der Waals surface area contributed by atoms with Gasteiger partial charge in [-0.25, -0.2) is 13.1 Å². The van der Waals surface area contributed by atoms with Gasteiger partial charge in [-0.05, 0) is 37.1 Å². The molecule has 2 saturated heterocycles. The van der Waals surface area contributed by atoms with E-state index >= 15 is 0 Å². The molecule has 6 nitrogen and oxygen atoms in total. The minimum absolute atomic E-state index is 0.0714. The second kappa shape index (κ2) is 6.51. The lowest BCUT2D eigenvalue weighted by atomic mass is 9.82. The first-order valence-electron chi connectivity index (χ1n) is 7.80. The topological polar surface area (TPSA) is 75.7 Å². The fourth-order valence-corrected chi connectivity index (χ4v) is 4.90. The SMILES string of the molecule is CS(=O)(=O)NC1CCOC2(CCN(C(=O)c3ccsc3)CC2)C1. The molecule has 2 aliphatic heterocycles. The van der Waals surface area contributed by atoms with Gasteiger partial charge < -0.3 is 9.64 Å². The maximum absolute atomic E-state index is 12.4. The summed E-state index contributed by atoms with van der Waals surface area (Å²) in [4.78, 5) is 14.2. The number of sulfonamides is 1. The Morgan fingerprint density at radius 2 is 2.17 bits per heavy atom. The third kappa shape index (κ3) is 4.12. The zero-order chi connectivity index (χ0) is 16.5. The molecule has 2 fully saturated rings. The lowest BCUT2D eigenvalue weighted by Crippen LogP contribution is -2.54. The van der Waals surface area contributed by atoms with Crippen molar-refractivity contribution in [3.8, 4) is 0 Å². The van der Waals surface area contributed by atoms with Crippen molar-refractivity contribution in [2.45, 2.75) is 37.3 Å². The lowest BCUT2D eigenvalue weighted by molar-refractivity contribution is -0.113. The number of hydrogen-bond donors (Lipinski definition) is 1. The Morgan fingerprint density at radius 1 is 1.43 bits per heavy atom. The molecule has 3 heterocycles. The van der Waals surface area contributed by atoms with E-state index in [1.165, 1.54) is 17.6 Å². The highest BCUT2D eigenvalue weighted by Gasteiger charge is 2.41. The molecule has 1 aromatic rings. The number of amides is 1. The number of nitrogens with zero attached hydrogens (tertiary/aromatic N) is 1. The lowest BCUT2D eigenvalue weighted by Gasteiger charge is -2.46. The van der Waals surface area contributed by atoms with Crippen molar-refractivity contribution in [1.29, 1.82) is 0 Å². The van der Waals surface area contributed by atoms with Gasteiger partial charge >= 0.3 is 0 Å². The van der Waals surface area contributed by atoms with Crippen LogP contribution in [0.3, 0.4) is 0 Å². The molecule has 0 bridgehead atoms. The van der Waals surface area contributed by atoms with Gasteiger partial charge in [0.1, 0.15) is 0 Å². The van der Waals surface area contributed by atoms with Crippen molar-refractivity contribution in [2.24, 2.45) is 0 Å². The largest absolute Gasteiger partial charge is 0.375 e. The summed E-state index contributed by atoms with van der Waals surface area (Å²) in [5, 5.41) is 3.78. The molecule has 23 heavy (non-hydrogen) atoms. The van der Waals surface area contributed by atoms with E-state index in [9.17, 15) is 13.2 Å². The second-order valence-electron chi connectivity index (χ2n) is 6.42. The van der Waals surface area contributed by atoms with Crippen LogP contribution < -0.4 is 4.72 Å². The highest BCUT2D eigenvalue weighted by atomic mass is 32.2. The quantitative estimate of drug-likeness (QED) is 0.887. The van der Waals surface area contributed by atoms with Crippen LogP contribution in [-0.4, -0.2) is 56.8 Å². The van der Waals surface area contributed by atoms with Crippen LogP contribution in [0.1, 0.15) is 36.0 Å². The van der Waals surface area contributed by atoms with Crippen LogP contribution in [0.25, 0.3) is 0 Å². The normalized spacial score (nSPS) is 24.7. The molecule has 128 valence electrons. The maximum atomic E-state index is 12.4. The van der Waals surface area contributed by atoms with Gasteiger partial charge in [0.25, 0.3) is 5.91 Å². The van der Waals surface area contributed by atoms with Crippen LogP contribution in [-0.2, 0) is 14.8 Å². The number of rotatable bonds is 3. The minimum Gasteiger partial charge on any atom is -0.375 e. The van der Waals surface area contributed by atoms with Gasteiger partial charge in [0.05, 0.1) is 17.4 Å². The van der Waals surface area contributed by atoms with Crippen LogP contribution in [0.2, 0.25) is 0 Å². The Kier molecular flexibility index (Phi) is 4.78. The van der Waals surface area contributed by atoms with Gasteiger partial charge in [0.15, 0.2) is 0 Å². The molecular weight excluding hydrogens is 336 g/mol. The van der Waals surface area contributed by atoms with Crippen LogP contribution >= 0.6 is 11.3 Å². The molecule has 0 saturated carbocycles. The standard InChI is InChI=1S/C15H22N2O4S2/c1-23(19,20)16-13-2-8-21-15(10-13)4-6-17(7-5-15)14(18)12-3-9-22-11-12/h3,9,11,13,16H,2,4-8,10H2,1H3. The van der Waals surface area contributed by atoms with Crippen molar-refractivity contribution in [2.75, 3.05) is 26.0 Å². The Balaban J connectivity index is 1.60.